The molecule has 0 aliphatic carbocycles. The molecule has 3 rings (SSSR count). The van der Waals surface area contributed by atoms with Gasteiger partial charge in [0.15, 0.2) is 17.2 Å². The lowest BCUT2D eigenvalue weighted by Crippen LogP contribution is -2.01. The average Bonchev–Trinajstić information content (AvgIpc) is 3.03. The normalized spacial score (nSPS) is 11.0. The molecule has 3 heterocycles. The molecule has 3 aromatic heterocycles. The van der Waals surface area contributed by atoms with Gasteiger partial charge in [0.25, 0.3) is 10.1 Å². The molecule has 0 unspecified atom stereocenters. The zero-order chi connectivity index (χ0) is 16.2. The van der Waals surface area contributed by atoms with Gasteiger partial charge in [-0.15, -0.1) is 0 Å². The Morgan fingerprint density at radius 1 is 1.36 bits per heavy atom. The predicted molar refractivity (Wildman–Crippen MR) is 76.9 cm³/mol. The number of anilines is 1. The molecule has 0 bridgehead atoms. The molecule has 3 aromatic rings. The fourth-order valence-corrected chi connectivity index (χ4v) is 1.53. The van der Waals surface area contributed by atoms with Crippen LogP contribution in [0.4, 0.5) is 5.82 Å². The Labute approximate surface area is 125 Å². The largest absolute Gasteiger partial charge is 0.505 e. The third-order valence-electron chi connectivity index (χ3n) is 2.29. The topological polar surface area (TPSA) is 154 Å². The van der Waals surface area contributed by atoms with Crippen LogP contribution in [-0.2, 0) is 16.7 Å². The van der Waals surface area contributed by atoms with E-state index in [2.05, 4.69) is 25.3 Å². The van der Waals surface area contributed by atoms with Gasteiger partial charge in [-0.25, -0.2) is 15.0 Å². The van der Waals surface area contributed by atoms with Crippen LogP contribution in [0.1, 0.15) is 5.76 Å². The number of fused-ring (bicyclic) bond motifs is 1. The van der Waals surface area contributed by atoms with Gasteiger partial charge in [-0.2, -0.15) is 8.42 Å². The number of imidazole rings is 1. The van der Waals surface area contributed by atoms with E-state index in [0.717, 1.165) is 5.52 Å². The molecule has 0 saturated carbocycles. The van der Waals surface area contributed by atoms with E-state index in [9.17, 15) is 8.42 Å². The van der Waals surface area contributed by atoms with Gasteiger partial charge >= 0.3 is 0 Å². The molecule has 0 atom stereocenters. The van der Waals surface area contributed by atoms with Gasteiger partial charge < -0.3 is 19.8 Å². The Morgan fingerprint density at radius 2 is 2.09 bits per heavy atom. The molecule has 0 spiro atoms. The highest BCUT2D eigenvalue weighted by atomic mass is 32.2. The van der Waals surface area contributed by atoms with Crippen molar-refractivity contribution in [3.05, 3.63) is 30.7 Å². The fraction of sp³-hybridized carbons (Fsp3) is 0.182. The molecule has 0 aliphatic rings. The molecule has 0 aliphatic heterocycles. The van der Waals surface area contributed by atoms with E-state index >= 15 is 0 Å². The summed E-state index contributed by atoms with van der Waals surface area (Å²) >= 11 is 0. The number of aromatic hydroxyl groups is 1. The van der Waals surface area contributed by atoms with Gasteiger partial charge in [0.1, 0.15) is 23.9 Å². The first kappa shape index (κ1) is 15.7. The number of nitrogens with zero attached hydrogens (tertiary/aromatic N) is 3. The van der Waals surface area contributed by atoms with Crippen LogP contribution in [-0.4, -0.2) is 44.3 Å². The third-order valence-corrected chi connectivity index (χ3v) is 2.29. The maximum Gasteiger partial charge on any atom is 0.261 e. The van der Waals surface area contributed by atoms with Crippen LogP contribution < -0.4 is 5.32 Å². The standard InChI is InChI=1S/C10H9N5O2.CH4O3S/c16-6-1-7(17-3-6)2-11-9-8-10(13-4-12-8)15-5-14-9;1-5(2,3)4/h1,3-5,16H,2H2,(H2,11,12,13,14,15);1H3,(H,2,3,4). The molecule has 10 nitrogen and oxygen atoms in total. The summed E-state index contributed by atoms with van der Waals surface area (Å²) in [5, 5.41) is 12.2. The molecule has 118 valence electrons. The molecule has 22 heavy (non-hydrogen) atoms. The summed E-state index contributed by atoms with van der Waals surface area (Å²) in [6.45, 7) is 0.422. The minimum Gasteiger partial charge on any atom is -0.505 e. The average molecular weight is 327 g/mol. The second kappa shape index (κ2) is 6.41. The lowest BCUT2D eigenvalue weighted by Gasteiger charge is -2.02. The number of aromatic amines is 1. The van der Waals surface area contributed by atoms with Gasteiger partial charge in [-0.3, -0.25) is 4.55 Å². The van der Waals surface area contributed by atoms with Crippen molar-refractivity contribution in [3.8, 4) is 5.75 Å². The van der Waals surface area contributed by atoms with Crippen molar-refractivity contribution in [2.75, 3.05) is 11.6 Å². The van der Waals surface area contributed by atoms with E-state index < -0.39 is 10.1 Å². The van der Waals surface area contributed by atoms with Gasteiger partial charge in [0.05, 0.1) is 19.1 Å². The van der Waals surface area contributed by atoms with Crippen LogP contribution in [0.25, 0.3) is 11.2 Å². The number of nitrogens with one attached hydrogen (secondary N) is 2. The maximum absolute atomic E-state index is 9.19. The van der Waals surface area contributed by atoms with Crippen molar-refractivity contribution in [2.24, 2.45) is 0 Å². The zero-order valence-electron chi connectivity index (χ0n) is 11.4. The van der Waals surface area contributed by atoms with Crippen molar-refractivity contribution in [3.63, 3.8) is 0 Å². The van der Waals surface area contributed by atoms with Gasteiger partial charge in [-0.1, -0.05) is 0 Å². The monoisotopic (exact) mass is 327 g/mol. The van der Waals surface area contributed by atoms with Crippen LogP contribution in [0.3, 0.4) is 0 Å². The number of H-pyrrole nitrogens is 1. The summed E-state index contributed by atoms with van der Waals surface area (Å²) in [6, 6.07) is 1.54. The number of furan rings is 1. The van der Waals surface area contributed by atoms with Crippen LogP contribution in [0.2, 0.25) is 0 Å². The lowest BCUT2D eigenvalue weighted by atomic mass is 10.4. The lowest BCUT2D eigenvalue weighted by molar-refractivity contribution is 0.453. The summed E-state index contributed by atoms with van der Waals surface area (Å²) in [7, 11) is -3.67. The summed E-state index contributed by atoms with van der Waals surface area (Å²) in [6.07, 6.45) is 4.99. The molecule has 0 saturated heterocycles. The molecule has 0 radical (unpaired) electrons. The third kappa shape index (κ3) is 4.71. The number of hydrogen-bond acceptors (Lipinski definition) is 8. The molecule has 0 amide bonds. The summed E-state index contributed by atoms with van der Waals surface area (Å²) in [5.41, 5.74) is 1.34. The molecular weight excluding hydrogens is 314 g/mol. The van der Waals surface area contributed by atoms with Crippen molar-refractivity contribution in [2.45, 2.75) is 6.54 Å². The Kier molecular flexibility index (Phi) is 4.58. The van der Waals surface area contributed by atoms with Crippen LogP contribution in [0.15, 0.2) is 29.4 Å². The molecule has 0 fully saturated rings. The Morgan fingerprint density at radius 3 is 2.73 bits per heavy atom. The van der Waals surface area contributed by atoms with Gasteiger partial charge in [0, 0.05) is 6.07 Å². The summed E-state index contributed by atoms with van der Waals surface area (Å²) < 4.78 is 31.0. The van der Waals surface area contributed by atoms with E-state index in [0.29, 0.717) is 30.0 Å². The summed E-state index contributed by atoms with van der Waals surface area (Å²) in [4.78, 5) is 15.1. The smallest absolute Gasteiger partial charge is 0.261 e. The van der Waals surface area contributed by atoms with E-state index in [1.165, 1.54) is 12.6 Å². The van der Waals surface area contributed by atoms with Crippen molar-refractivity contribution in [1.29, 1.82) is 0 Å². The Balaban J connectivity index is 0.000000309. The first-order valence-corrected chi connectivity index (χ1v) is 7.74. The van der Waals surface area contributed by atoms with Crippen molar-refractivity contribution < 1.29 is 22.5 Å². The predicted octanol–water partition coefficient (Wildman–Crippen LogP) is 0.768. The van der Waals surface area contributed by atoms with Crippen LogP contribution in [0, 0.1) is 0 Å². The number of aromatic nitrogens is 4. The van der Waals surface area contributed by atoms with E-state index in [1.54, 1.807) is 12.4 Å². The highest BCUT2D eigenvalue weighted by molar-refractivity contribution is 7.85. The maximum atomic E-state index is 9.19. The summed E-state index contributed by atoms with van der Waals surface area (Å²) in [5.74, 6) is 1.37. The van der Waals surface area contributed by atoms with Gasteiger partial charge in [0.2, 0.25) is 0 Å². The van der Waals surface area contributed by atoms with Crippen molar-refractivity contribution >= 4 is 27.1 Å². The highest BCUT2D eigenvalue weighted by Crippen LogP contribution is 2.17. The van der Waals surface area contributed by atoms with E-state index in [4.69, 9.17) is 14.1 Å². The van der Waals surface area contributed by atoms with Crippen molar-refractivity contribution in [1.82, 2.24) is 19.9 Å². The molecule has 4 N–H and O–H groups in total. The zero-order valence-corrected chi connectivity index (χ0v) is 12.2. The van der Waals surface area contributed by atoms with E-state index in [-0.39, 0.29) is 5.75 Å². The van der Waals surface area contributed by atoms with E-state index in [1.807, 2.05) is 0 Å². The minimum atomic E-state index is -3.67. The first-order valence-electron chi connectivity index (χ1n) is 5.89. The Bertz CT molecular complexity index is 849. The second-order valence-corrected chi connectivity index (χ2v) is 5.65. The molecule has 0 aromatic carbocycles. The van der Waals surface area contributed by atoms with Crippen LogP contribution >= 0.6 is 0 Å². The quantitative estimate of drug-likeness (QED) is 0.510. The minimum absolute atomic E-state index is 0.108. The van der Waals surface area contributed by atoms with Gasteiger partial charge in [-0.05, 0) is 0 Å². The fourth-order valence-electron chi connectivity index (χ4n) is 1.53. The highest BCUT2D eigenvalue weighted by Gasteiger charge is 2.06. The number of hydrogen-bond donors (Lipinski definition) is 4. The molecular formula is C11H13N5O5S. The second-order valence-electron chi connectivity index (χ2n) is 4.18. The molecule has 11 heteroatoms. The first-order chi connectivity index (χ1) is 10.3. The Hall–Kier alpha value is -2.66. The SMILES string of the molecule is CS(=O)(=O)O.Oc1coc(CNc2ncnc3nc[nH]c23)c1. The van der Waals surface area contributed by atoms with Crippen LogP contribution in [0.5, 0.6) is 5.75 Å². The number of rotatable bonds is 3.